The first kappa shape index (κ1) is 24.9. The highest BCUT2D eigenvalue weighted by Gasteiger charge is 2.27. The zero-order valence-corrected chi connectivity index (χ0v) is 22.6. The van der Waals surface area contributed by atoms with Crippen LogP contribution >= 0.6 is 0 Å². The van der Waals surface area contributed by atoms with Crippen molar-refractivity contribution in [3.8, 4) is 11.4 Å². The third-order valence-electron chi connectivity index (χ3n) is 7.72. The van der Waals surface area contributed by atoms with Crippen molar-refractivity contribution in [1.82, 2.24) is 19.7 Å². The van der Waals surface area contributed by atoms with E-state index in [1.807, 2.05) is 44.3 Å². The van der Waals surface area contributed by atoms with E-state index in [0.717, 1.165) is 57.8 Å². The van der Waals surface area contributed by atoms with Crippen LogP contribution in [0.4, 0.5) is 5.69 Å². The minimum Gasteiger partial charge on any atom is -0.321 e. The van der Waals surface area contributed by atoms with Crippen molar-refractivity contribution in [2.24, 2.45) is 4.99 Å². The summed E-state index contributed by atoms with van der Waals surface area (Å²) in [5.74, 6) is 1.07. The van der Waals surface area contributed by atoms with Gasteiger partial charge >= 0.3 is 0 Å². The fourth-order valence-electron chi connectivity index (χ4n) is 4.85. The molecule has 1 amide bonds. The predicted octanol–water partition coefficient (Wildman–Crippen LogP) is 6.83. The van der Waals surface area contributed by atoms with Gasteiger partial charge in [-0.2, -0.15) is 0 Å². The molecule has 0 spiro atoms. The highest BCUT2D eigenvalue weighted by Crippen LogP contribution is 2.39. The topological polar surface area (TPSA) is 85.1 Å². The highest BCUT2D eigenvalue weighted by atomic mass is 16.2. The van der Waals surface area contributed by atoms with E-state index in [0.29, 0.717) is 17.6 Å². The molecular weight excluding hydrogens is 484 g/mol. The summed E-state index contributed by atoms with van der Waals surface area (Å²) in [7, 11) is 0. The van der Waals surface area contributed by atoms with E-state index in [9.17, 15) is 4.79 Å². The molecule has 2 heterocycles. The summed E-state index contributed by atoms with van der Waals surface area (Å²) >= 11 is 0. The minimum atomic E-state index is -0.351. The van der Waals surface area contributed by atoms with Crippen LogP contribution in [0.2, 0.25) is 0 Å². The number of aromatic nitrogens is 4. The van der Waals surface area contributed by atoms with Gasteiger partial charge in [-0.05, 0) is 86.9 Å². The first-order valence-corrected chi connectivity index (χ1v) is 13.5. The van der Waals surface area contributed by atoms with Crippen LogP contribution in [-0.4, -0.2) is 31.4 Å². The zero-order chi connectivity index (χ0) is 27.1. The van der Waals surface area contributed by atoms with Crippen molar-refractivity contribution in [3.63, 3.8) is 0 Å². The van der Waals surface area contributed by atoms with Crippen molar-refractivity contribution >= 4 is 22.9 Å². The second kappa shape index (κ2) is 10.1. The van der Waals surface area contributed by atoms with Crippen molar-refractivity contribution < 1.29 is 4.79 Å². The van der Waals surface area contributed by atoms with Crippen molar-refractivity contribution in [3.05, 3.63) is 101 Å². The van der Waals surface area contributed by atoms with E-state index in [4.69, 9.17) is 9.98 Å². The third-order valence-corrected chi connectivity index (χ3v) is 7.72. The minimum absolute atomic E-state index is 0.145. The number of benzene rings is 1. The number of aliphatic imine (C=N–C) groups is 1. The van der Waals surface area contributed by atoms with Gasteiger partial charge in [0.1, 0.15) is 12.0 Å². The summed E-state index contributed by atoms with van der Waals surface area (Å²) in [6.07, 6.45) is 12.6. The van der Waals surface area contributed by atoms with E-state index in [-0.39, 0.29) is 11.6 Å². The average Bonchev–Trinajstić information content (AvgIpc) is 3.90. The molecule has 2 fully saturated rings. The van der Waals surface area contributed by atoms with Gasteiger partial charge in [0.15, 0.2) is 5.82 Å². The maximum atomic E-state index is 13.2. The zero-order valence-electron chi connectivity index (χ0n) is 22.6. The Morgan fingerprint density at radius 1 is 1.10 bits per heavy atom. The normalized spacial score (nSPS) is 19.4. The molecule has 1 N–H and O–H groups in total. The van der Waals surface area contributed by atoms with E-state index in [1.54, 1.807) is 6.33 Å². The Hall–Kier alpha value is -4.39. The number of nitrogens with one attached hydrogen (secondary N) is 1. The van der Waals surface area contributed by atoms with Crippen molar-refractivity contribution in [2.45, 2.75) is 58.4 Å². The lowest BCUT2D eigenvalue weighted by molar-refractivity contribution is -0.112. The van der Waals surface area contributed by atoms with Gasteiger partial charge in [-0.25, -0.2) is 4.99 Å². The van der Waals surface area contributed by atoms with Crippen LogP contribution in [0.15, 0.2) is 95.1 Å². The third kappa shape index (κ3) is 5.17. The van der Waals surface area contributed by atoms with Crippen LogP contribution in [0, 0.1) is 0 Å². The van der Waals surface area contributed by atoms with Crippen molar-refractivity contribution in [1.29, 1.82) is 0 Å². The second-order valence-electron chi connectivity index (χ2n) is 10.7. The summed E-state index contributed by atoms with van der Waals surface area (Å²) in [5.41, 5.74) is 8.83. The molecule has 3 aliphatic rings. The lowest BCUT2D eigenvalue weighted by atomic mass is 9.88. The molecule has 0 radical (unpaired) electrons. The molecule has 0 unspecified atom stereocenters. The van der Waals surface area contributed by atoms with Gasteiger partial charge in [0.05, 0.1) is 5.71 Å². The maximum Gasteiger partial charge on any atom is 0.273 e. The average molecular weight is 517 g/mol. The van der Waals surface area contributed by atoms with Gasteiger partial charge in [-0.15, -0.1) is 10.2 Å². The van der Waals surface area contributed by atoms with Gasteiger partial charge in [-0.3, -0.25) is 9.78 Å². The molecule has 7 heteroatoms. The standard InChI is InChI=1S/C32H32N6O/c1-19-8-14-28(21(3)25-11-15-29(33-17-25)23-9-10-23)30(20(19)2)35-22(4)32(39)36-26-7-5-6-24(16-26)31-37-34-18-38(31)27-12-13-27/h5-8,11,14-18,23,27H,4,9-10,12-13H2,1-3H3,(H,36,39)/b28-21+,35-30-. The number of hydrogen-bond donors (Lipinski definition) is 1. The molecule has 0 aliphatic heterocycles. The van der Waals surface area contributed by atoms with E-state index < -0.39 is 0 Å². The number of hydrogen-bond acceptors (Lipinski definition) is 5. The smallest absolute Gasteiger partial charge is 0.273 e. The lowest BCUT2D eigenvalue weighted by Crippen LogP contribution is -2.16. The number of nitrogens with zero attached hydrogens (tertiary/aromatic N) is 5. The Morgan fingerprint density at radius 2 is 1.92 bits per heavy atom. The number of anilines is 1. The summed E-state index contributed by atoms with van der Waals surface area (Å²) in [6.45, 7) is 10.2. The molecule has 39 heavy (non-hydrogen) atoms. The first-order chi connectivity index (χ1) is 18.9. The number of allylic oxidation sites excluding steroid dienone is 6. The SMILES string of the molecule is C=C(/N=C1/C(C)=C(C)C=C/C1=C(/C)c1ccc(C2CC2)nc1)C(=O)Nc1cccc(-c2nncn2C2CC2)c1. The summed E-state index contributed by atoms with van der Waals surface area (Å²) < 4.78 is 2.10. The number of carbonyl (C=O) groups excluding carboxylic acids is 1. The molecule has 3 aliphatic carbocycles. The van der Waals surface area contributed by atoms with Crippen LogP contribution in [0.25, 0.3) is 17.0 Å². The number of carbonyl (C=O) groups is 1. The van der Waals surface area contributed by atoms with Crippen LogP contribution in [0.3, 0.4) is 0 Å². The molecule has 1 aromatic carbocycles. The van der Waals surface area contributed by atoms with Gasteiger partial charge in [0.25, 0.3) is 5.91 Å². The summed E-state index contributed by atoms with van der Waals surface area (Å²) in [4.78, 5) is 22.7. The number of pyridine rings is 1. The Kier molecular flexibility index (Phi) is 6.43. The van der Waals surface area contributed by atoms with Crippen LogP contribution in [0.1, 0.15) is 69.7 Å². The Labute approximate surface area is 228 Å². The molecular formula is C32H32N6O. The Morgan fingerprint density at radius 3 is 2.64 bits per heavy atom. The van der Waals surface area contributed by atoms with Gasteiger partial charge < -0.3 is 9.88 Å². The van der Waals surface area contributed by atoms with E-state index in [1.165, 1.54) is 18.5 Å². The number of rotatable bonds is 7. The highest BCUT2D eigenvalue weighted by molar-refractivity contribution is 6.21. The molecule has 0 saturated heterocycles. The monoisotopic (exact) mass is 516 g/mol. The molecule has 2 saturated carbocycles. The van der Waals surface area contributed by atoms with E-state index in [2.05, 4.69) is 57.9 Å². The molecule has 196 valence electrons. The quantitative estimate of drug-likeness (QED) is 0.349. The molecule has 6 rings (SSSR count). The fraction of sp³-hybridized carbons (Fsp3) is 0.281. The van der Waals surface area contributed by atoms with Crippen molar-refractivity contribution in [2.75, 3.05) is 5.32 Å². The number of amides is 1. The first-order valence-electron chi connectivity index (χ1n) is 13.5. The summed E-state index contributed by atoms with van der Waals surface area (Å²) in [6, 6.07) is 12.4. The van der Waals surface area contributed by atoms with E-state index >= 15 is 0 Å². The lowest BCUT2D eigenvalue weighted by Gasteiger charge is -2.19. The Bertz CT molecular complexity index is 1590. The van der Waals surface area contributed by atoms with Gasteiger partial charge in [0.2, 0.25) is 0 Å². The predicted molar refractivity (Wildman–Crippen MR) is 155 cm³/mol. The van der Waals surface area contributed by atoms with Crippen LogP contribution < -0.4 is 5.32 Å². The Balaban J connectivity index is 1.25. The second-order valence-corrected chi connectivity index (χ2v) is 10.7. The molecule has 0 bridgehead atoms. The van der Waals surface area contributed by atoms with Gasteiger partial charge in [-0.1, -0.05) is 36.9 Å². The largest absolute Gasteiger partial charge is 0.321 e. The summed E-state index contributed by atoms with van der Waals surface area (Å²) in [5, 5.41) is 11.4. The van der Waals surface area contributed by atoms with Crippen LogP contribution in [0.5, 0.6) is 0 Å². The molecule has 3 aromatic rings. The van der Waals surface area contributed by atoms with Crippen LogP contribution in [-0.2, 0) is 4.79 Å². The fourth-order valence-corrected chi connectivity index (χ4v) is 4.85. The maximum absolute atomic E-state index is 13.2. The van der Waals surface area contributed by atoms with Gasteiger partial charge in [0, 0.05) is 40.7 Å². The molecule has 7 nitrogen and oxygen atoms in total. The molecule has 0 atom stereocenters. The molecule has 2 aromatic heterocycles.